The van der Waals surface area contributed by atoms with E-state index in [1.165, 1.54) is 30.1 Å². The number of urea groups is 1. The average Bonchev–Trinajstić information content (AvgIpc) is 2.37. The van der Waals surface area contributed by atoms with Crippen LogP contribution in [-0.2, 0) is 6.18 Å². The van der Waals surface area contributed by atoms with Crippen molar-refractivity contribution in [1.29, 1.82) is 5.41 Å². The molecule has 0 aromatic heterocycles. The first-order valence-corrected chi connectivity index (χ1v) is 6.15. The van der Waals surface area contributed by atoms with E-state index in [0.29, 0.717) is 0 Å². The van der Waals surface area contributed by atoms with Gasteiger partial charge in [-0.25, -0.2) is 4.79 Å². The molecule has 0 fully saturated rings. The Morgan fingerprint density at radius 1 is 1.43 bits per heavy atom. The van der Waals surface area contributed by atoms with E-state index in [2.05, 4.69) is 5.32 Å². The molecule has 5 nitrogen and oxygen atoms in total. The molecule has 0 bridgehead atoms. The van der Waals surface area contributed by atoms with Crippen LogP contribution in [0, 0.1) is 11.3 Å². The fourth-order valence-electron chi connectivity index (χ4n) is 1.64. The molecule has 8 heteroatoms. The van der Waals surface area contributed by atoms with E-state index in [4.69, 9.17) is 11.1 Å². The molecule has 1 aromatic rings. The van der Waals surface area contributed by atoms with Crippen LogP contribution >= 0.6 is 0 Å². The first kappa shape index (κ1) is 16.8. The van der Waals surface area contributed by atoms with Gasteiger partial charge in [-0.2, -0.15) is 13.2 Å². The van der Waals surface area contributed by atoms with Crippen molar-refractivity contribution in [2.45, 2.75) is 13.1 Å². The van der Waals surface area contributed by atoms with Gasteiger partial charge < -0.3 is 16.0 Å². The molecule has 0 aliphatic rings. The van der Waals surface area contributed by atoms with Gasteiger partial charge in [0.1, 0.15) is 0 Å². The molecule has 0 aliphatic heterocycles. The quantitative estimate of drug-likeness (QED) is 0.590. The Bertz CT molecular complexity index is 530. The van der Waals surface area contributed by atoms with Crippen LogP contribution in [0.4, 0.5) is 23.7 Å². The smallest absolute Gasteiger partial charge is 0.387 e. The van der Waals surface area contributed by atoms with E-state index >= 15 is 0 Å². The molecule has 0 aliphatic carbocycles. The van der Waals surface area contributed by atoms with Crippen LogP contribution in [0.15, 0.2) is 24.3 Å². The number of alkyl halides is 3. The van der Waals surface area contributed by atoms with Crippen molar-refractivity contribution in [2.75, 3.05) is 18.9 Å². The highest BCUT2D eigenvalue weighted by Gasteiger charge is 2.33. The number of carbonyl (C=O) groups is 1. The minimum atomic E-state index is -4.55. The number of carbonyl (C=O) groups excluding carboxylic acids is 1. The molecule has 0 saturated carbocycles. The fraction of sp³-hybridized carbons (Fsp3) is 0.385. The van der Waals surface area contributed by atoms with E-state index in [0.717, 1.165) is 6.07 Å². The van der Waals surface area contributed by atoms with Gasteiger partial charge in [0.2, 0.25) is 0 Å². The molecular weight excluding hydrogens is 285 g/mol. The summed E-state index contributed by atoms with van der Waals surface area (Å²) in [5, 5.41) is 9.46. The Morgan fingerprint density at radius 3 is 2.52 bits per heavy atom. The summed E-state index contributed by atoms with van der Waals surface area (Å²) in [6.07, 6.45) is -4.55. The highest BCUT2D eigenvalue weighted by atomic mass is 19.4. The molecular formula is C13H17F3N4O. The second-order valence-corrected chi connectivity index (χ2v) is 4.71. The highest BCUT2D eigenvalue weighted by molar-refractivity contribution is 5.90. The van der Waals surface area contributed by atoms with Gasteiger partial charge in [0, 0.05) is 19.5 Å². The lowest BCUT2D eigenvalue weighted by atomic mass is 10.1. The number of rotatable bonds is 4. The van der Waals surface area contributed by atoms with Crippen molar-refractivity contribution < 1.29 is 18.0 Å². The number of hydrogen-bond donors (Lipinski definition) is 3. The maximum absolute atomic E-state index is 12.8. The zero-order chi connectivity index (χ0) is 16.2. The number of nitrogens with one attached hydrogen (secondary N) is 2. The number of anilines is 1. The van der Waals surface area contributed by atoms with E-state index in [9.17, 15) is 18.0 Å². The third kappa shape index (κ3) is 4.66. The topological polar surface area (TPSA) is 82.2 Å². The van der Waals surface area contributed by atoms with Gasteiger partial charge in [-0.15, -0.1) is 0 Å². The summed E-state index contributed by atoms with van der Waals surface area (Å²) in [6, 6.07) is 4.04. The van der Waals surface area contributed by atoms with Gasteiger partial charge in [-0.3, -0.25) is 5.41 Å². The second kappa shape index (κ2) is 6.47. The van der Waals surface area contributed by atoms with E-state index in [1.54, 1.807) is 6.92 Å². The molecule has 0 heterocycles. The Kier molecular flexibility index (Phi) is 5.17. The van der Waals surface area contributed by atoms with E-state index in [-0.39, 0.29) is 24.0 Å². The van der Waals surface area contributed by atoms with Crippen molar-refractivity contribution in [3.05, 3.63) is 29.8 Å². The van der Waals surface area contributed by atoms with Crippen molar-refractivity contribution in [1.82, 2.24) is 4.90 Å². The van der Waals surface area contributed by atoms with E-state index < -0.39 is 17.8 Å². The van der Waals surface area contributed by atoms with Gasteiger partial charge in [0.15, 0.2) is 0 Å². The Balaban J connectivity index is 2.82. The number of para-hydroxylation sites is 1. The minimum Gasteiger partial charge on any atom is -0.387 e. The van der Waals surface area contributed by atoms with Crippen LogP contribution in [0.1, 0.15) is 12.5 Å². The SMILES string of the molecule is CC(CN(C)C(=O)Nc1ccccc1C(F)(F)F)C(=N)N. The van der Waals surface area contributed by atoms with Crippen LogP contribution in [0.5, 0.6) is 0 Å². The molecule has 0 spiro atoms. The molecule has 21 heavy (non-hydrogen) atoms. The minimum absolute atomic E-state index is 0.0923. The van der Waals surface area contributed by atoms with Crippen molar-refractivity contribution >= 4 is 17.6 Å². The average molecular weight is 302 g/mol. The van der Waals surface area contributed by atoms with E-state index in [1.807, 2.05) is 0 Å². The molecule has 1 atom stereocenters. The molecule has 4 N–H and O–H groups in total. The first-order chi connectivity index (χ1) is 9.62. The predicted molar refractivity (Wildman–Crippen MR) is 74.2 cm³/mol. The lowest BCUT2D eigenvalue weighted by Crippen LogP contribution is -2.38. The van der Waals surface area contributed by atoms with Crippen LogP contribution in [0.25, 0.3) is 0 Å². The molecule has 1 unspecified atom stereocenters. The summed E-state index contributed by atoms with van der Waals surface area (Å²) in [7, 11) is 1.42. The van der Waals surface area contributed by atoms with Crippen LogP contribution in [0.3, 0.4) is 0 Å². The lowest BCUT2D eigenvalue weighted by Gasteiger charge is -2.22. The number of amides is 2. The van der Waals surface area contributed by atoms with Gasteiger partial charge in [0.25, 0.3) is 0 Å². The van der Waals surface area contributed by atoms with Crippen molar-refractivity contribution in [3.8, 4) is 0 Å². The molecule has 2 amide bonds. The third-order valence-electron chi connectivity index (χ3n) is 2.90. The lowest BCUT2D eigenvalue weighted by molar-refractivity contribution is -0.136. The van der Waals surface area contributed by atoms with Crippen molar-refractivity contribution in [2.24, 2.45) is 11.7 Å². The Labute approximate surface area is 120 Å². The Morgan fingerprint density at radius 2 is 2.00 bits per heavy atom. The molecule has 0 radical (unpaired) electrons. The van der Waals surface area contributed by atoms with Crippen LogP contribution < -0.4 is 11.1 Å². The monoisotopic (exact) mass is 302 g/mol. The first-order valence-electron chi connectivity index (χ1n) is 6.15. The van der Waals surface area contributed by atoms with Crippen LogP contribution in [-0.4, -0.2) is 30.4 Å². The summed E-state index contributed by atoms with van der Waals surface area (Å²) >= 11 is 0. The van der Waals surface area contributed by atoms with Gasteiger partial charge in [-0.1, -0.05) is 19.1 Å². The molecule has 1 aromatic carbocycles. The summed E-state index contributed by atoms with van der Waals surface area (Å²) in [4.78, 5) is 13.1. The second-order valence-electron chi connectivity index (χ2n) is 4.71. The number of hydrogen-bond acceptors (Lipinski definition) is 2. The zero-order valence-electron chi connectivity index (χ0n) is 11.7. The predicted octanol–water partition coefficient (Wildman–Crippen LogP) is 2.74. The maximum Gasteiger partial charge on any atom is 0.418 e. The third-order valence-corrected chi connectivity index (χ3v) is 2.90. The summed E-state index contributed by atoms with van der Waals surface area (Å²) < 4.78 is 38.4. The zero-order valence-corrected chi connectivity index (χ0v) is 11.7. The number of nitrogens with two attached hydrogens (primary N) is 1. The largest absolute Gasteiger partial charge is 0.418 e. The van der Waals surface area contributed by atoms with Crippen LogP contribution in [0.2, 0.25) is 0 Å². The number of halogens is 3. The van der Waals surface area contributed by atoms with Crippen molar-refractivity contribution in [3.63, 3.8) is 0 Å². The fourth-order valence-corrected chi connectivity index (χ4v) is 1.64. The maximum atomic E-state index is 12.8. The molecule has 0 saturated heterocycles. The van der Waals surface area contributed by atoms with Gasteiger partial charge in [-0.05, 0) is 12.1 Å². The van der Waals surface area contributed by atoms with Gasteiger partial charge >= 0.3 is 12.2 Å². The highest BCUT2D eigenvalue weighted by Crippen LogP contribution is 2.34. The molecule has 1 rings (SSSR count). The van der Waals surface area contributed by atoms with Gasteiger partial charge in [0.05, 0.1) is 17.1 Å². The summed E-state index contributed by atoms with van der Waals surface area (Å²) in [5.74, 6) is -0.469. The summed E-state index contributed by atoms with van der Waals surface area (Å²) in [5.41, 5.74) is 4.08. The number of nitrogens with zero attached hydrogens (tertiary/aromatic N) is 1. The number of amidine groups is 1. The molecule has 116 valence electrons. The standard InChI is InChI=1S/C13H17F3N4O/c1-8(11(17)18)7-20(2)12(21)19-10-6-4-3-5-9(10)13(14,15)16/h3-6,8H,7H2,1-2H3,(H3,17,18)(H,19,21). The Hall–Kier alpha value is -2.25. The normalized spacial score (nSPS) is 12.6. The summed E-state index contributed by atoms with van der Waals surface area (Å²) in [6.45, 7) is 1.78. The number of benzene rings is 1.